The number of hydrogen-bond acceptors (Lipinski definition) is 3. The van der Waals surface area contributed by atoms with E-state index in [9.17, 15) is 0 Å². The van der Waals surface area contributed by atoms with Gasteiger partial charge in [-0.05, 0) is 119 Å². The van der Waals surface area contributed by atoms with E-state index >= 15 is 0 Å². The highest BCUT2D eigenvalue weighted by molar-refractivity contribution is 7.01. The number of anilines is 8. The average Bonchev–Trinajstić information content (AvgIpc) is 3.46. The monoisotopic (exact) mass is 735 g/mol. The average molecular weight is 736 g/mol. The summed E-state index contributed by atoms with van der Waals surface area (Å²) in [5, 5.41) is 0. The van der Waals surface area contributed by atoms with Crippen molar-refractivity contribution in [3.63, 3.8) is 0 Å². The fourth-order valence-corrected chi connectivity index (χ4v) is 12.1. The van der Waals surface area contributed by atoms with Crippen LogP contribution in [0.25, 0.3) is 11.1 Å². The summed E-state index contributed by atoms with van der Waals surface area (Å²) in [4.78, 5) is 7.96. The Morgan fingerprint density at radius 2 is 0.930 bits per heavy atom. The maximum Gasteiger partial charge on any atom is 0.252 e. The van der Waals surface area contributed by atoms with Gasteiger partial charge in [0, 0.05) is 56.3 Å². The minimum atomic E-state index is -0.174. The van der Waals surface area contributed by atoms with Crippen LogP contribution in [0, 0.1) is 0 Å². The fraction of sp³-hybridized carbons (Fsp3) is 0.208. The van der Waals surface area contributed by atoms with E-state index in [2.05, 4.69) is 200 Å². The Morgan fingerprint density at radius 3 is 1.58 bits per heavy atom. The minimum absolute atomic E-state index is 0.0546. The normalized spacial score (nSPS) is 21.5. The molecule has 7 aromatic rings. The first-order valence-electron chi connectivity index (χ1n) is 20.9. The highest BCUT2D eigenvalue weighted by Gasteiger charge is 2.58. The zero-order valence-corrected chi connectivity index (χ0v) is 33.3. The summed E-state index contributed by atoms with van der Waals surface area (Å²) in [7, 11) is 0. The third-order valence-corrected chi connectivity index (χ3v) is 15.0. The molecule has 0 bridgehead atoms. The molecule has 3 nitrogen and oxygen atoms in total. The summed E-state index contributed by atoms with van der Waals surface area (Å²) in [5.41, 5.74) is 21.1. The van der Waals surface area contributed by atoms with E-state index < -0.39 is 0 Å². The molecule has 4 aliphatic heterocycles. The molecule has 276 valence electrons. The third kappa shape index (κ3) is 4.23. The van der Waals surface area contributed by atoms with Gasteiger partial charge in [0.05, 0.1) is 5.54 Å². The molecular formula is C53H46BN3. The minimum Gasteiger partial charge on any atom is -0.334 e. The van der Waals surface area contributed by atoms with Crippen LogP contribution >= 0.6 is 0 Å². The Bertz CT molecular complexity index is 2780. The molecule has 4 heteroatoms. The molecule has 12 rings (SSSR count). The molecule has 0 N–H and O–H groups in total. The van der Waals surface area contributed by atoms with Gasteiger partial charge in [0.25, 0.3) is 6.71 Å². The van der Waals surface area contributed by atoms with Crippen LogP contribution in [-0.2, 0) is 10.8 Å². The van der Waals surface area contributed by atoms with Gasteiger partial charge in [0.15, 0.2) is 0 Å². The summed E-state index contributed by atoms with van der Waals surface area (Å²) >= 11 is 0. The number of benzene rings is 7. The largest absolute Gasteiger partial charge is 0.334 e. The summed E-state index contributed by atoms with van der Waals surface area (Å²) in [6.07, 6.45) is 4.88. The number of para-hydroxylation sites is 2. The van der Waals surface area contributed by atoms with Crippen molar-refractivity contribution >= 4 is 68.6 Å². The summed E-state index contributed by atoms with van der Waals surface area (Å²) in [6.45, 7) is 10.1. The lowest BCUT2D eigenvalue weighted by atomic mass is 9.28. The lowest BCUT2D eigenvalue weighted by molar-refractivity contribution is 0.195. The Morgan fingerprint density at radius 1 is 0.421 bits per heavy atom. The Labute approximate surface area is 337 Å². The molecule has 57 heavy (non-hydrogen) atoms. The fourth-order valence-electron chi connectivity index (χ4n) is 12.1. The highest BCUT2D eigenvalue weighted by atomic mass is 15.3. The second-order valence-corrected chi connectivity index (χ2v) is 18.0. The van der Waals surface area contributed by atoms with E-state index in [4.69, 9.17) is 0 Å². The summed E-state index contributed by atoms with van der Waals surface area (Å²) in [6, 6.07) is 59.8. The van der Waals surface area contributed by atoms with Crippen molar-refractivity contribution in [3.8, 4) is 11.1 Å². The van der Waals surface area contributed by atoms with Crippen molar-refractivity contribution in [3.05, 3.63) is 174 Å². The van der Waals surface area contributed by atoms with Gasteiger partial charge < -0.3 is 14.7 Å². The Hall–Kier alpha value is -6.00. The van der Waals surface area contributed by atoms with Crippen LogP contribution in [-0.4, -0.2) is 12.3 Å². The zero-order valence-electron chi connectivity index (χ0n) is 33.3. The number of rotatable bonds is 4. The van der Waals surface area contributed by atoms with Crippen LogP contribution in [0.2, 0.25) is 0 Å². The van der Waals surface area contributed by atoms with Crippen molar-refractivity contribution < 1.29 is 0 Å². The lowest BCUT2D eigenvalue weighted by Crippen LogP contribution is -2.67. The maximum atomic E-state index is 2.76. The maximum absolute atomic E-state index is 2.76. The van der Waals surface area contributed by atoms with Crippen LogP contribution in [0.4, 0.5) is 45.5 Å². The molecule has 0 aromatic heterocycles. The smallest absolute Gasteiger partial charge is 0.252 e. The molecule has 2 unspecified atom stereocenters. The molecule has 1 aliphatic carbocycles. The summed E-state index contributed by atoms with van der Waals surface area (Å²) in [5.74, 6) is 0. The van der Waals surface area contributed by atoms with Gasteiger partial charge in [-0.3, -0.25) is 0 Å². The number of nitrogens with zero attached hydrogens (tertiary/aromatic N) is 3. The lowest BCUT2D eigenvalue weighted by Gasteiger charge is -2.52. The Kier molecular flexibility index (Phi) is 6.72. The number of hydrogen-bond donors (Lipinski definition) is 0. The van der Waals surface area contributed by atoms with Crippen molar-refractivity contribution in [2.75, 3.05) is 14.7 Å². The second kappa shape index (κ2) is 11.5. The molecule has 0 radical (unpaired) electrons. The molecule has 0 amide bonds. The topological polar surface area (TPSA) is 9.72 Å². The van der Waals surface area contributed by atoms with E-state index in [0.717, 1.165) is 6.42 Å². The molecule has 0 saturated heterocycles. The van der Waals surface area contributed by atoms with Gasteiger partial charge in [-0.25, -0.2) is 0 Å². The van der Waals surface area contributed by atoms with Gasteiger partial charge in [0.1, 0.15) is 0 Å². The molecule has 0 spiro atoms. The van der Waals surface area contributed by atoms with Crippen LogP contribution in [0.1, 0.15) is 70.1 Å². The van der Waals surface area contributed by atoms with E-state index in [1.165, 1.54) is 109 Å². The van der Waals surface area contributed by atoms with Gasteiger partial charge >= 0.3 is 0 Å². The van der Waals surface area contributed by atoms with E-state index in [1.54, 1.807) is 0 Å². The predicted molar refractivity (Wildman–Crippen MR) is 241 cm³/mol. The molecular weight excluding hydrogens is 689 g/mol. The van der Waals surface area contributed by atoms with Gasteiger partial charge in [-0.15, -0.1) is 0 Å². The van der Waals surface area contributed by atoms with Gasteiger partial charge in [0.2, 0.25) is 0 Å². The van der Waals surface area contributed by atoms with Crippen LogP contribution < -0.4 is 31.1 Å². The van der Waals surface area contributed by atoms with Crippen LogP contribution in [0.15, 0.2) is 158 Å². The van der Waals surface area contributed by atoms with E-state index in [0.29, 0.717) is 0 Å². The van der Waals surface area contributed by atoms with Crippen molar-refractivity contribution in [1.82, 2.24) is 0 Å². The molecule has 1 saturated carbocycles. The second-order valence-electron chi connectivity index (χ2n) is 18.0. The highest BCUT2D eigenvalue weighted by Crippen LogP contribution is 2.62. The van der Waals surface area contributed by atoms with Gasteiger partial charge in [-0.2, -0.15) is 0 Å². The van der Waals surface area contributed by atoms with Crippen LogP contribution in [0.5, 0.6) is 0 Å². The standard InChI is InChI=1S/C53H46BN3/c1-51(2)41-22-15-25-44-48(41)54-49-42(51)23-16-26-45(49)56(38-29-27-36(28-30-38)35-17-7-5-8-18-35)47-34-39(33-46(50(47)54)55(44)37-19-9-6-10-20-37)57-43-24-12-11-21-40(43)52(3)31-13-14-32-53(52,57)4/h5-12,15-30,33-34H,13-14,31-32H2,1-4H3. The van der Waals surface area contributed by atoms with Crippen molar-refractivity contribution in [1.29, 1.82) is 0 Å². The molecule has 2 atom stereocenters. The zero-order chi connectivity index (χ0) is 38.3. The third-order valence-electron chi connectivity index (χ3n) is 15.0. The summed E-state index contributed by atoms with van der Waals surface area (Å²) < 4.78 is 0. The SMILES string of the molecule is CC1(C)c2cccc3c2B2c4c(cc(N5c6ccccc6C6(C)CCCCC56C)cc4N(c4ccc(-c5ccccc5)cc4)c4cccc1c42)N3c1ccccc1. The first-order chi connectivity index (χ1) is 27.8. The molecule has 1 fully saturated rings. The predicted octanol–water partition coefficient (Wildman–Crippen LogP) is 11.8. The molecule has 4 heterocycles. The van der Waals surface area contributed by atoms with Crippen molar-refractivity contribution in [2.24, 2.45) is 0 Å². The molecule has 5 aliphatic rings. The first-order valence-corrected chi connectivity index (χ1v) is 20.9. The van der Waals surface area contributed by atoms with E-state index in [-0.39, 0.29) is 23.1 Å². The van der Waals surface area contributed by atoms with Crippen LogP contribution in [0.3, 0.4) is 0 Å². The quantitative estimate of drug-likeness (QED) is 0.167. The Balaban J connectivity index is 1.19. The van der Waals surface area contributed by atoms with Crippen molar-refractivity contribution in [2.45, 2.75) is 69.7 Å². The number of fused-ring (bicyclic) bond motifs is 3. The van der Waals surface area contributed by atoms with E-state index in [1.807, 2.05) is 0 Å². The van der Waals surface area contributed by atoms with Gasteiger partial charge in [-0.1, -0.05) is 137 Å². The first kappa shape index (κ1) is 33.2. The molecule has 7 aromatic carbocycles.